The molecule has 0 aliphatic heterocycles. The van der Waals surface area contributed by atoms with E-state index in [1.807, 2.05) is 24.3 Å². The Labute approximate surface area is 82.9 Å². The van der Waals surface area contributed by atoms with E-state index in [9.17, 15) is 4.79 Å². The first-order valence-corrected chi connectivity index (χ1v) is 4.62. The fourth-order valence-electron chi connectivity index (χ4n) is 1.10. The molecule has 0 fully saturated rings. The van der Waals surface area contributed by atoms with Crippen molar-refractivity contribution >= 4 is 18.0 Å². The molecule has 0 atom stereocenters. The number of benzene rings is 1. The van der Waals surface area contributed by atoms with Crippen molar-refractivity contribution in [3.05, 3.63) is 34.9 Å². The van der Waals surface area contributed by atoms with Gasteiger partial charge in [0.1, 0.15) is 0 Å². The molecule has 0 spiro atoms. The molecule has 0 bridgehead atoms. The third kappa shape index (κ3) is 3.95. The number of carbonyl (C=O) groups excluding carboxylic acids is 1. The number of rotatable bonds is 5. The molecule has 3 heteroatoms. The maximum absolute atomic E-state index is 9.93. The van der Waals surface area contributed by atoms with Gasteiger partial charge in [0.15, 0.2) is 0 Å². The SMILES string of the molecule is O=CNCCCc1ccc(Cl)cc1. The summed E-state index contributed by atoms with van der Waals surface area (Å²) in [6.07, 6.45) is 2.65. The van der Waals surface area contributed by atoms with Crippen molar-refractivity contribution < 1.29 is 4.79 Å². The van der Waals surface area contributed by atoms with Crippen LogP contribution in [0.2, 0.25) is 5.02 Å². The number of amides is 1. The highest BCUT2D eigenvalue weighted by Crippen LogP contribution is 2.10. The molecule has 0 aromatic heterocycles. The average Bonchev–Trinajstić information content (AvgIpc) is 2.15. The first kappa shape index (κ1) is 10.1. The Morgan fingerprint density at radius 2 is 2.00 bits per heavy atom. The fraction of sp³-hybridized carbons (Fsp3) is 0.300. The van der Waals surface area contributed by atoms with Crippen LogP contribution in [0.25, 0.3) is 0 Å². The summed E-state index contributed by atoms with van der Waals surface area (Å²) in [5.41, 5.74) is 1.25. The van der Waals surface area contributed by atoms with E-state index < -0.39 is 0 Å². The first-order chi connectivity index (χ1) is 6.33. The lowest BCUT2D eigenvalue weighted by Crippen LogP contribution is -2.12. The Morgan fingerprint density at radius 1 is 1.31 bits per heavy atom. The number of nitrogens with one attached hydrogen (secondary N) is 1. The quantitative estimate of drug-likeness (QED) is 0.568. The number of hydrogen-bond acceptors (Lipinski definition) is 1. The van der Waals surface area contributed by atoms with Crippen LogP contribution < -0.4 is 5.32 Å². The van der Waals surface area contributed by atoms with Crippen LogP contribution in [0, 0.1) is 0 Å². The van der Waals surface area contributed by atoms with E-state index in [0.29, 0.717) is 0 Å². The molecular weight excluding hydrogens is 186 g/mol. The summed E-state index contributed by atoms with van der Waals surface area (Å²) in [6, 6.07) is 7.76. The van der Waals surface area contributed by atoms with Crippen molar-refractivity contribution in [3.63, 3.8) is 0 Å². The molecule has 1 aromatic carbocycles. The molecule has 70 valence electrons. The van der Waals surface area contributed by atoms with Gasteiger partial charge in [-0.2, -0.15) is 0 Å². The highest BCUT2D eigenvalue weighted by Gasteiger charge is 1.92. The van der Waals surface area contributed by atoms with E-state index in [0.717, 1.165) is 30.8 Å². The van der Waals surface area contributed by atoms with Gasteiger partial charge in [0.2, 0.25) is 6.41 Å². The minimum atomic E-state index is 0.724. The zero-order valence-corrected chi connectivity index (χ0v) is 8.05. The highest BCUT2D eigenvalue weighted by atomic mass is 35.5. The van der Waals surface area contributed by atoms with Gasteiger partial charge in [-0.1, -0.05) is 23.7 Å². The molecule has 0 aliphatic carbocycles. The van der Waals surface area contributed by atoms with Crippen LogP contribution >= 0.6 is 11.6 Å². The van der Waals surface area contributed by atoms with E-state index >= 15 is 0 Å². The molecule has 1 rings (SSSR count). The maximum Gasteiger partial charge on any atom is 0.207 e. The molecule has 0 aliphatic rings. The summed E-state index contributed by atoms with van der Waals surface area (Å²) in [5, 5.41) is 3.38. The van der Waals surface area contributed by atoms with Crippen LogP contribution in [-0.4, -0.2) is 13.0 Å². The van der Waals surface area contributed by atoms with Crippen molar-refractivity contribution in [2.24, 2.45) is 0 Å². The third-order valence-corrected chi connectivity index (χ3v) is 2.04. The second kappa shape index (κ2) is 5.60. The molecule has 13 heavy (non-hydrogen) atoms. The normalized spacial score (nSPS) is 9.62. The van der Waals surface area contributed by atoms with Crippen LogP contribution in [-0.2, 0) is 11.2 Å². The zero-order valence-electron chi connectivity index (χ0n) is 7.29. The molecule has 1 aromatic rings. The zero-order chi connectivity index (χ0) is 9.52. The highest BCUT2D eigenvalue weighted by molar-refractivity contribution is 6.30. The van der Waals surface area contributed by atoms with Crippen LogP contribution in [0.4, 0.5) is 0 Å². The van der Waals surface area contributed by atoms with Gasteiger partial charge in [0.25, 0.3) is 0 Å². The number of hydrogen-bond donors (Lipinski definition) is 1. The topological polar surface area (TPSA) is 29.1 Å². The monoisotopic (exact) mass is 197 g/mol. The smallest absolute Gasteiger partial charge is 0.207 e. The number of aryl methyl sites for hydroxylation is 1. The minimum Gasteiger partial charge on any atom is -0.359 e. The molecule has 1 amide bonds. The summed E-state index contributed by atoms with van der Waals surface area (Å²) in [7, 11) is 0. The van der Waals surface area contributed by atoms with Gasteiger partial charge in [-0.15, -0.1) is 0 Å². The molecule has 0 heterocycles. The van der Waals surface area contributed by atoms with E-state index in [-0.39, 0.29) is 0 Å². The Morgan fingerprint density at radius 3 is 2.62 bits per heavy atom. The van der Waals surface area contributed by atoms with Crippen LogP contribution in [0.5, 0.6) is 0 Å². The summed E-state index contributed by atoms with van der Waals surface area (Å²) in [5.74, 6) is 0. The van der Waals surface area contributed by atoms with Gasteiger partial charge in [0, 0.05) is 11.6 Å². The summed E-state index contributed by atoms with van der Waals surface area (Å²) in [6.45, 7) is 0.728. The first-order valence-electron chi connectivity index (χ1n) is 4.24. The minimum absolute atomic E-state index is 0.724. The van der Waals surface area contributed by atoms with Crippen LogP contribution in [0.1, 0.15) is 12.0 Å². The van der Waals surface area contributed by atoms with E-state index in [4.69, 9.17) is 11.6 Å². The van der Waals surface area contributed by atoms with Gasteiger partial charge in [-0.25, -0.2) is 0 Å². The van der Waals surface area contributed by atoms with Crippen molar-refractivity contribution in [1.29, 1.82) is 0 Å². The molecule has 0 radical (unpaired) electrons. The fourth-order valence-corrected chi connectivity index (χ4v) is 1.23. The molecule has 2 nitrogen and oxygen atoms in total. The standard InChI is InChI=1S/C10H12ClNO/c11-10-5-3-9(4-6-10)2-1-7-12-8-13/h3-6,8H,1-2,7H2,(H,12,13). The van der Waals surface area contributed by atoms with Crippen molar-refractivity contribution in [1.82, 2.24) is 5.32 Å². The average molecular weight is 198 g/mol. The predicted molar refractivity (Wildman–Crippen MR) is 53.8 cm³/mol. The molecule has 1 N–H and O–H groups in total. The maximum atomic E-state index is 9.93. The number of halogens is 1. The molecule has 0 saturated carbocycles. The van der Waals surface area contributed by atoms with Gasteiger partial charge in [-0.3, -0.25) is 4.79 Å². The lowest BCUT2D eigenvalue weighted by atomic mass is 10.1. The summed E-state index contributed by atoms with van der Waals surface area (Å²) in [4.78, 5) is 9.93. The van der Waals surface area contributed by atoms with Crippen LogP contribution in [0.15, 0.2) is 24.3 Å². The molecular formula is C10H12ClNO. The third-order valence-electron chi connectivity index (χ3n) is 1.78. The second-order valence-corrected chi connectivity index (χ2v) is 3.24. The van der Waals surface area contributed by atoms with E-state index in [2.05, 4.69) is 5.32 Å². The Bertz CT molecular complexity index is 258. The van der Waals surface area contributed by atoms with E-state index in [1.165, 1.54) is 5.56 Å². The second-order valence-electron chi connectivity index (χ2n) is 2.80. The van der Waals surface area contributed by atoms with Gasteiger partial charge in [0.05, 0.1) is 0 Å². The van der Waals surface area contributed by atoms with Gasteiger partial charge >= 0.3 is 0 Å². The van der Waals surface area contributed by atoms with Gasteiger partial charge in [-0.05, 0) is 30.5 Å². The lowest BCUT2D eigenvalue weighted by molar-refractivity contribution is -0.109. The van der Waals surface area contributed by atoms with Crippen molar-refractivity contribution in [2.45, 2.75) is 12.8 Å². The Hall–Kier alpha value is -1.02. The van der Waals surface area contributed by atoms with Gasteiger partial charge < -0.3 is 5.32 Å². The lowest BCUT2D eigenvalue weighted by Gasteiger charge is -2.00. The molecule has 0 unspecified atom stereocenters. The van der Waals surface area contributed by atoms with E-state index in [1.54, 1.807) is 0 Å². The Kier molecular flexibility index (Phi) is 4.33. The van der Waals surface area contributed by atoms with Crippen LogP contribution in [0.3, 0.4) is 0 Å². The number of carbonyl (C=O) groups is 1. The molecule has 0 saturated heterocycles. The predicted octanol–water partition coefficient (Wildman–Crippen LogP) is 2.02. The summed E-state index contributed by atoms with van der Waals surface area (Å²) < 4.78 is 0. The largest absolute Gasteiger partial charge is 0.359 e. The van der Waals surface area contributed by atoms with Crippen molar-refractivity contribution in [3.8, 4) is 0 Å². The Balaban J connectivity index is 2.28. The summed E-state index contributed by atoms with van der Waals surface area (Å²) >= 11 is 5.74. The van der Waals surface area contributed by atoms with Crippen molar-refractivity contribution in [2.75, 3.05) is 6.54 Å².